The fourth-order valence-corrected chi connectivity index (χ4v) is 4.95. The van der Waals surface area contributed by atoms with Crippen molar-refractivity contribution in [3.63, 3.8) is 0 Å². The number of benzene rings is 1. The van der Waals surface area contributed by atoms with Crippen molar-refractivity contribution in [3.8, 4) is 33.8 Å². The van der Waals surface area contributed by atoms with Gasteiger partial charge in [0.2, 0.25) is 0 Å². The van der Waals surface area contributed by atoms with Crippen LogP contribution in [0.15, 0.2) is 116 Å². The van der Waals surface area contributed by atoms with Crippen molar-refractivity contribution >= 4 is 27.5 Å². The molecule has 6 aromatic heterocycles. The molecule has 0 saturated heterocycles. The van der Waals surface area contributed by atoms with Crippen molar-refractivity contribution in [2.75, 3.05) is 5.32 Å². The SMILES string of the molecule is C=C(Cc1ccccc1)Nc1cncc(-c2cc3c(-c4cc5c(-c6cccnc6)cncc5[nH]4)n[nH]c3cn2)c1. The molecule has 0 bridgehead atoms. The summed E-state index contributed by atoms with van der Waals surface area (Å²) in [6.07, 6.45) is 13.5. The van der Waals surface area contributed by atoms with Crippen LogP contribution in [0.4, 0.5) is 5.69 Å². The fraction of sp³-hybridized carbons (Fsp3) is 0.0312. The molecular formula is C32H24N8. The molecule has 0 fully saturated rings. The minimum Gasteiger partial charge on any atom is -0.358 e. The molecule has 0 unspecified atom stereocenters. The first kappa shape index (κ1) is 23.5. The molecule has 0 atom stereocenters. The van der Waals surface area contributed by atoms with Gasteiger partial charge in [0.1, 0.15) is 5.69 Å². The van der Waals surface area contributed by atoms with Crippen molar-refractivity contribution in [1.29, 1.82) is 0 Å². The minimum absolute atomic E-state index is 0.732. The molecule has 8 heteroatoms. The van der Waals surface area contributed by atoms with Gasteiger partial charge in [-0.15, -0.1) is 0 Å². The average molecular weight is 521 g/mol. The number of H-pyrrole nitrogens is 2. The smallest absolute Gasteiger partial charge is 0.116 e. The van der Waals surface area contributed by atoms with Gasteiger partial charge in [0.25, 0.3) is 0 Å². The van der Waals surface area contributed by atoms with Gasteiger partial charge < -0.3 is 10.3 Å². The van der Waals surface area contributed by atoms with Crippen molar-refractivity contribution in [2.24, 2.45) is 0 Å². The van der Waals surface area contributed by atoms with E-state index in [1.165, 1.54) is 5.56 Å². The number of anilines is 1. The first-order chi connectivity index (χ1) is 19.7. The Kier molecular flexibility index (Phi) is 5.82. The van der Waals surface area contributed by atoms with Crippen molar-refractivity contribution in [1.82, 2.24) is 35.1 Å². The van der Waals surface area contributed by atoms with E-state index in [0.29, 0.717) is 0 Å². The normalized spacial score (nSPS) is 11.2. The number of hydrogen-bond acceptors (Lipinski definition) is 6. The maximum Gasteiger partial charge on any atom is 0.116 e. The molecule has 0 spiro atoms. The molecule has 0 aliphatic rings. The van der Waals surface area contributed by atoms with Crippen LogP contribution in [-0.2, 0) is 6.42 Å². The number of allylic oxidation sites excluding steroid dienone is 1. The minimum atomic E-state index is 0.732. The molecule has 0 amide bonds. The third kappa shape index (κ3) is 4.48. The van der Waals surface area contributed by atoms with Gasteiger partial charge >= 0.3 is 0 Å². The van der Waals surface area contributed by atoms with E-state index in [1.807, 2.05) is 67.3 Å². The highest BCUT2D eigenvalue weighted by atomic mass is 15.1. The lowest BCUT2D eigenvalue weighted by atomic mass is 10.1. The molecule has 8 nitrogen and oxygen atoms in total. The van der Waals surface area contributed by atoms with Gasteiger partial charge in [-0.3, -0.25) is 25.0 Å². The van der Waals surface area contributed by atoms with Crippen molar-refractivity contribution in [2.45, 2.75) is 6.42 Å². The lowest BCUT2D eigenvalue weighted by molar-refractivity contribution is 1.11. The largest absolute Gasteiger partial charge is 0.358 e. The number of rotatable bonds is 7. The lowest BCUT2D eigenvalue weighted by Crippen LogP contribution is -2.02. The fourth-order valence-electron chi connectivity index (χ4n) is 4.95. The van der Waals surface area contributed by atoms with Gasteiger partial charge in [0, 0.05) is 64.4 Å². The molecule has 6 heterocycles. The van der Waals surface area contributed by atoms with E-state index in [0.717, 1.165) is 73.4 Å². The summed E-state index contributed by atoms with van der Waals surface area (Å²) in [6, 6.07) is 20.4. The van der Waals surface area contributed by atoms with E-state index in [9.17, 15) is 0 Å². The van der Waals surface area contributed by atoms with Crippen LogP contribution in [0.3, 0.4) is 0 Å². The molecule has 192 valence electrons. The highest BCUT2D eigenvalue weighted by Crippen LogP contribution is 2.34. The monoisotopic (exact) mass is 520 g/mol. The van der Waals surface area contributed by atoms with Crippen LogP contribution in [0.2, 0.25) is 0 Å². The zero-order valence-electron chi connectivity index (χ0n) is 21.5. The van der Waals surface area contributed by atoms with Gasteiger partial charge in [-0.25, -0.2) is 0 Å². The van der Waals surface area contributed by atoms with E-state index in [4.69, 9.17) is 0 Å². The number of fused-ring (bicyclic) bond motifs is 2. The third-order valence-corrected chi connectivity index (χ3v) is 6.84. The highest BCUT2D eigenvalue weighted by molar-refractivity contribution is 6.01. The second-order valence-electron chi connectivity index (χ2n) is 9.61. The predicted octanol–water partition coefficient (Wildman–Crippen LogP) is 6.79. The molecular weight excluding hydrogens is 496 g/mol. The summed E-state index contributed by atoms with van der Waals surface area (Å²) in [5.74, 6) is 0. The Bertz CT molecular complexity index is 1970. The Morgan fingerprint density at radius 3 is 2.52 bits per heavy atom. The molecule has 7 rings (SSSR count). The Balaban J connectivity index is 1.21. The first-order valence-corrected chi connectivity index (χ1v) is 12.9. The Hall–Kier alpha value is -5.63. The zero-order chi connectivity index (χ0) is 26.9. The lowest BCUT2D eigenvalue weighted by Gasteiger charge is -2.11. The third-order valence-electron chi connectivity index (χ3n) is 6.84. The van der Waals surface area contributed by atoms with E-state index in [-0.39, 0.29) is 0 Å². The molecule has 40 heavy (non-hydrogen) atoms. The van der Waals surface area contributed by atoms with Gasteiger partial charge in [-0.1, -0.05) is 43.0 Å². The van der Waals surface area contributed by atoms with Crippen LogP contribution in [0.1, 0.15) is 5.56 Å². The molecule has 7 aromatic rings. The second-order valence-corrected chi connectivity index (χ2v) is 9.61. The Morgan fingerprint density at radius 2 is 1.65 bits per heavy atom. The molecule has 1 aromatic carbocycles. The molecule has 0 radical (unpaired) electrons. The standard InChI is InChI=1S/C32H24N8/c1-20(10-21-6-3-2-4-7-21)37-24-11-23(15-34-16-24)28-13-26-31(19-36-28)39-40-32(26)29-12-25-27(17-35-18-30(25)38-29)22-8-5-9-33-14-22/h2-9,11-19,37-38H,1,10H2,(H,39,40). The van der Waals surface area contributed by atoms with Crippen LogP contribution < -0.4 is 5.32 Å². The van der Waals surface area contributed by atoms with Crippen molar-refractivity contribution in [3.05, 3.63) is 122 Å². The van der Waals surface area contributed by atoms with E-state index in [1.54, 1.807) is 18.6 Å². The molecule has 0 aliphatic heterocycles. The first-order valence-electron chi connectivity index (χ1n) is 12.9. The van der Waals surface area contributed by atoms with E-state index >= 15 is 0 Å². The molecule has 0 saturated carbocycles. The number of nitrogens with one attached hydrogen (secondary N) is 3. The van der Waals surface area contributed by atoms with Crippen LogP contribution in [0.25, 0.3) is 55.6 Å². The molecule has 3 N–H and O–H groups in total. The topological polar surface area (TPSA) is 108 Å². The summed E-state index contributed by atoms with van der Waals surface area (Å²) in [7, 11) is 0. The molecule has 0 aliphatic carbocycles. The Labute approximate surface area is 229 Å². The van der Waals surface area contributed by atoms with Crippen LogP contribution in [-0.4, -0.2) is 35.1 Å². The number of aromatic amines is 2. The van der Waals surface area contributed by atoms with E-state index in [2.05, 4.69) is 65.2 Å². The van der Waals surface area contributed by atoms with Crippen LogP contribution in [0.5, 0.6) is 0 Å². The second kappa shape index (κ2) is 9.92. The summed E-state index contributed by atoms with van der Waals surface area (Å²) in [5.41, 5.74) is 10.2. The van der Waals surface area contributed by atoms with Crippen molar-refractivity contribution < 1.29 is 0 Å². The van der Waals surface area contributed by atoms with Gasteiger partial charge in [0.05, 0.1) is 46.7 Å². The highest BCUT2D eigenvalue weighted by Gasteiger charge is 2.15. The summed E-state index contributed by atoms with van der Waals surface area (Å²) < 4.78 is 0. The summed E-state index contributed by atoms with van der Waals surface area (Å²) in [5, 5.41) is 13.1. The maximum atomic E-state index is 4.68. The Morgan fingerprint density at radius 1 is 0.775 bits per heavy atom. The number of hydrogen-bond donors (Lipinski definition) is 3. The maximum absolute atomic E-state index is 4.68. The van der Waals surface area contributed by atoms with Crippen LogP contribution >= 0.6 is 0 Å². The summed E-state index contributed by atoms with van der Waals surface area (Å²) >= 11 is 0. The van der Waals surface area contributed by atoms with Gasteiger partial charge in [-0.2, -0.15) is 5.10 Å². The van der Waals surface area contributed by atoms with E-state index < -0.39 is 0 Å². The zero-order valence-corrected chi connectivity index (χ0v) is 21.5. The number of nitrogens with zero attached hydrogens (tertiary/aromatic N) is 5. The number of aromatic nitrogens is 7. The van der Waals surface area contributed by atoms with Gasteiger partial charge in [-0.05, 0) is 29.8 Å². The quantitative estimate of drug-likeness (QED) is 0.213. The number of pyridine rings is 4. The predicted molar refractivity (Wildman–Crippen MR) is 158 cm³/mol. The summed E-state index contributed by atoms with van der Waals surface area (Å²) in [4.78, 5) is 21.3. The average Bonchev–Trinajstić information content (AvgIpc) is 3.62. The van der Waals surface area contributed by atoms with Crippen LogP contribution in [0, 0.1) is 0 Å². The summed E-state index contributed by atoms with van der Waals surface area (Å²) in [6.45, 7) is 4.19. The van der Waals surface area contributed by atoms with Gasteiger partial charge in [0.15, 0.2) is 0 Å².